The van der Waals surface area contributed by atoms with Gasteiger partial charge in [0.15, 0.2) is 0 Å². The SMILES string of the molecule is CCC(C)C1C(=O)Nc2ccccc2CN1C(=O)Nc1ccn(C)c(=O)c1. The molecule has 2 aromatic rings. The highest BCUT2D eigenvalue weighted by Gasteiger charge is 2.36. The van der Waals surface area contributed by atoms with Crippen LogP contribution in [0.4, 0.5) is 16.2 Å². The van der Waals surface area contributed by atoms with Crippen LogP contribution in [0.1, 0.15) is 25.8 Å². The summed E-state index contributed by atoms with van der Waals surface area (Å²) in [7, 11) is 1.64. The molecule has 3 amide bonds. The van der Waals surface area contributed by atoms with Gasteiger partial charge in [0.25, 0.3) is 5.56 Å². The Kier molecular flexibility index (Phi) is 5.30. The quantitative estimate of drug-likeness (QED) is 0.874. The van der Waals surface area contributed by atoms with E-state index in [0.717, 1.165) is 17.7 Å². The van der Waals surface area contributed by atoms with E-state index in [2.05, 4.69) is 10.6 Å². The van der Waals surface area contributed by atoms with Crippen molar-refractivity contribution < 1.29 is 9.59 Å². The molecule has 0 fully saturated rings. The highest BCUT2D eigenvalue weighted by molar-refractivity contribution is 6.00. The number of fused-ring (bicyclic) bond motifs is 1. The van der Waals surface area contributed by atoms with Gasteiger partial charge in [0.1, 0.15) is 6.04 Å². The fourth-order valence-corrected chi connectivity index (χ4v) is 3.22. The summed E-state index contributed by atoms with van der Waals surface area (Å²) in [6.07, 6.45) is 2.35. The number of carbonyl (C=O) groups is 2. The predicted molar refractivity (Wildman–Crippen MR) is 105 cm³/mol. The van der Waals surface area contributed by atoms with Gasteiger partial charge in [-0.05, 0) is 23.6 Å². The van der Waals surface area contributed by atoms with Crippen LogP contribution in [-0.2, 0) is 18.4 Å². The van der Waals surface area contributed by atoms with Gasteiger partial charge in [0, 0.05) is 30.7 Å². The van der Waals surface area contributed by atoms with Gasteiger partial charge in [-0.2, -0.15) is 0 Å². The molecule has 1 aromatic heterocycles. The topological polar surface area (TPSA) is 83.4 Å². The number of pyridine rings is 1. The van der Waals surface area contributed by atoms with Gasteiger partial charge in [-0.1, -0.05) is 38.5 Å². The molecule has 0 aliphatic carbocycles. The first-order chi connectivity index (χ1) is 12.9. The van der Waals surface area contributed by atoms with Crippen molar-refractivity contribution in [1.29, 1.82) is 0 Å². The van der Waals surface area contributed by atoms with Crippen LogP contribution in [0.5, 0.6) is 0 Å². The van der Waals surface area contributed by atoms with E-state index < -0.39 is 12.1 Å². The Morgan fingerprint density at radius 3 is 2.74 bits per heavy atom. The third-order valence-electron chi connectivity index (χ3n) is 5.02. The standard InChI is InChI=1S/C20H24N4O3/c1-4-13(2)18-19(26)22-16-8-6-5-7-14(16)12-24(18)20(27)21-15-9-10-23(3)17(25)11-15/h5-11,13,18H,4,12H2,1-3H3,(H,21,27)(H,22,26). The number of nitrogens with zero attached hydrogens (tertiary/aromatic N) is 2. The van der Waals surface area contributed by atoms with Gasteiger partial charge in [0.2, 0.25) is 5.91 Å². The summed E-state index contributed by atoms with van der Waals surface area (Å²) in [4.78, 5) is 39.3. The Bertz CT molecular complexity index is 921. The molecule has 2 unspecified atom stereocenters. The number of para-hydroxylation sites is 1. The maximum atomic E-state index is 13.0. The second-order valence-electron chi connectivity index (χ2n) is 6.90. The van der Waals surface area contributed by atoms with Crippen LogP contribution < -0.4 is 16.2 Å². The van der Waals surface area contributed by atoms with Crippen LogP contribution in [0.3, 0.4) is 0 Å². The molecule has 7 heteroatoms. The van der Waals surface area contributed by atoms with Crippen molar-refractivity contribution in [3.8, 4) is 0 Å². The van der Waals surface area contributed by atoms with Crippen molar-refractivity contribution in [2.24, 2.45) is 13.0 Å². The Balaban J connectivity index is 1.94. The molecular formula is C20H24N4O3. The zero-order chi connectivity index (χ0) is 19.6. The van der Waals surface area contributed by atoms with E-state index in [9.17, 15) is 14.4 Å². The molecular weight excluding hydrogens is 344 g/mol. The molecule has 0 radical (unpaired) electrons. The lowest BCUT2D eigenvalue weighted by atomic mass is 9.97. The number of benzene rings is 1. The molecule has 142 valence electrons. The second-order valence-corrected chi connectivity index (χ2v) is 6.90. The van der Waals surface area contributed by atoms with Crippen LogP contribution in [0, 0.1) is 5.92 Å². The van der Waals surface area contributed by atoms with E-state index in [1.165, 1.54) is 10.6 Å². The molecule has 1 aromatic carbocycles. The van der Waals surface area contributed by atoms with E-state index in [1.54, 1.807) is 24.2 Å². The lowest BCUT2D eigenvalue weighted by molar-refractivity contribution is -0.121. The first-order valence-corrected chi connectivity index (χ1v) is 9.03. The normalized spacial score (nSPS) is 17.5. The van der Waals surface area contributed by atoms with Crippen LogP contribution in [0.15, 0.2) is 47.4 Å². The Hall–Kier alpha value is -3.09. The second kappa shape index (κ2) is 7.65. The number of rotatable bonds is 3. The van der Waals surface area contributed by atoms with Gasteiger partial charge in [-0.15, -0.1) is 0 Å². The summed E-state index contributed by atoms with van der Waals surface area (Å²) >= 11 is 0. The summed E-state index contributed by atoms with van der Waals surface area (Å²) in [5.41, 5.74) is 1.78. The Morgan fingerprint density at radius 2 is 2.04 bits per heavy atom. The summed E-state index contributed by atoms with van der Waals surface area (Å²) in [5, 5.41) is 5.70. The minimum Gasteiger partial charge on any atom is -0.324 e. The van der Waals surface area contributed by atoms with Gasteiger partial charge >= 0.3 is 6.03 Å². The van der Waals surface area contributed by atoms with E-state index >= 15 is 0 Å². The summed E-state index contributed by atoms with van der Waals surface area (Å²) in [6.45, 7) is 4.26. The third kappa shape index (κ3) is 3.86. The highest BCUT2D eigenvalue weighted by atomic mass is 16.2. The monoisotopic (exact) mass is 368 g/mol. The number of anilines is 2. The lowest BCUT2D eigenvalue weighted by Gasteiger charge is -2.32. The number of hydrogen-bond acceptors (Lipinski definition) is 3. The van der Waals surface area contributed by atoms with E-state index in [4.69, 9.17) is 0 Å². The van der Waals surface area contributed by atoms with Crippen molar-refractivity contribution >= 4 is 23.3 Å². The number of amides is 3. The Morgan fingerprint density at radius 1 is 1.30 bits per heavy atom. The van der Waals surface area contributed by atoms with Gasteiger partial charge in [-0.25, -0.2) is 4.79 Å². The fourth-order valence-electron chi connectivity index (χ4n) is 3.22. The van der Waals surface area contributed by atoms with Crippen LogP contribution in [-0.4, -0.2) is 27.4 Å². The average Bonchev–Trinajstić information content (AvgIpc) is 2.80. The number of urea groups is 1. The smallest absolute Gasteiger partial charge is 0.322 e. The van der Waals surface area contributed by atoms with Crippen molar-refractivity contribution in [3.63, 3.8) is 0 Å². The zero-order valence-electron chi connectivity index (χ0n) is 15.7. The molecule has 27 heavy (non-hydrogen) atoms. The first-order valence-electron chi connectivity index (χ1n) is 9.03. The molecule has 2 atom stereocenters. The zero-order valence-corrected chi connectivity index (χ0v) is 15.7. The van der Waals surface area contributed by atoms with Crippen molar-refractivity contribution in [2.45, 2.75) is 32.9 Å². The molecule has 7 nitrogen and oxygen atoms in total. The van der Waals surface area contributed by atoms with Crippen molar-refractivity contribution in [2.75, 3.05) is 10.6 Å². The maximum Gasteiger partial charge on any atom is 0.322 e. The molecule has 1 aliphatic heterocycles. The van der Waals surface area contributed by atoms with E-state index in [1.807, 2.05) is 38.1 Å². The van der Waals surface area contributed by atoms with E-state index in [0.29, 0.717) is 12.2 Å². The highest BCUT2D eigenvalue weighted by Crippen LogP contribution is 2.27. The Labute approximate surface area is 158 Å². The number of nitrogens with one attached hydrogen (secondary N) is 2. The molecule has 0 bridgehead atoms. The molecule has 0 saturated heterocycles. The van der Waals surface area contributed by atoms with Crippen LogP contribution >= 0.6 is 0 Å². The summed E-state index contributed by atoms with van der Waals surface area (Å²) < 4.78 is 1.42. The largest absolute Gasteiger partial charge is 0.324 e. The maximum absolute atomic E-state index is 13.0. The first kappa shape index (κ1) is 18.7. The number of aromatic nitrogens is 1. The molecule has 0 spiro atoms. The van der Waals surface area contributed by atoms with Gasteiger partial charge in [0.05, 0.1) is 6.54 Å². The van der Waals surface area contributed by atoms with E-state index in [-0.39, 0.29) is 17.4 Å². The molecule has 1 aliphatic rings. The molecule has 0 saturated carbocycles. The van der Waals surface area contributed by atoms with Crippen molar-refractivity contribution in [3.05, 3.63) is 58.5 Å². The minimum absolute atomic E-state index is 0.0197. The number of hydrogen-bond donors (Lipinski definition) is 2. The minimum atomic E-state index is -0.603. The number of carbonyl (C=O) groups excluding carboxylic acids is 2. The predicted octanol–water partition coefficient (Wildman–Crippen LogP) is 2.79. The molecule has 2 heterocycles. The molecule has 3 rings (SSSR count). The number of aryl methyl sites for hydroxylation is 1. The summed E-state index contributed by atoms with van der Waals surface area (Å²) in [6, 6.07) is 9.48. The lowest BCUT2D eigenvalue weighted by Crippen LogP contribution is -2.50. The van der Waals surface area contributed by atoms with Crippen molar-refractivity contribution in [1.82, 2.24) is 9.47 Å². The van der Waals surface area contributed by atoms with Crippen LogP contribution in [0.2, 0.25) is 0 Å². The summed E-state index contributed by atoms with van der Waals surface area (Å²) in [5.74, 6) is -0.220. The average molecular weight is 368 g/mol. The van der Waals surface area contributed by atoms with Crippen LogP contribution in [0.25, 0.3) is 0 Å². The van der Waals surface area contributed by atoms with Gasteiger partial charge < -0.3 is 20.1 Å². The van der Waals surface area contributed by atoms with Gasteiger partial charge in [-0.3, -0.25) is 9.59 Å². The molecule has 2 N–H and O–H groups in total. The third-order valence-corrected chi connectivity index (χ3v) is 5.02. The fraction of sp³-hybridized carbons (Fsp3) is 0.350.